The van der Waals surface area contributed by atoms with Gasteiger partial charge in [-0.15, -0.1) is 10.2 Å². The first-order valence-electron chi connectivity index (χ1n) is 4.68. The Bertz CT molecular complexity index is 635. The number of benzene rings is 1. The van der Waals surface area contributed by atoms with E-state index < -0.39 is 0 Å². The summed E-state index contributed by atoms with van der Waals surface area (Å²) in [7, 11) is 0. The van der Waals surface area contributed by atoms with Crippen LogP contribution in [0.25, 0.3) is 11.3 Å². The number of rotatable bonds is 1. The second kappa shape index (κ2) is 4.61. The van der Waals surface area contributed by atoms with E-state index in [1.54, 1.807) is 30.3 Å². The number of hydrogen-bond donors (Lipinski definition) is 0. The van der Waals surface area contributed by atoms with Gasteiger partial charge in [-0.1, -0.05) is 23.7 Å². The van der Waals surface area contributed by atoms with Crippen LogP contribution in [-0.2, 0) is 0 Å². The van der Waals surface area contributed by atoms with Crippen LogP contribution in [0.4, 0.5) is 0 Å². The van der Waals surface area contributed by atoms with Crippen LogP contribution in [0.3, 0.4) is 0 Å². The van der Waals surface area contributed by atoms with Gasteiger partial charge in [0.1, 0.15) is 6.07 Å². The van der Waals surface area contributed by atoms with Gasteiger partial charge < -0.3 is 0 Å². The van der Waals surface area contributed by atoms with Crippen molar-refractivity contribution in [2.24, 2.45) is 0 Å². The normalized spacial score (nSPS) is 9.35. The lowest BCUT2D eigenvalue weighted by atomic mass is 10.1. The Labute approximate surface area is 103 Å². The lowest BCUT2D eigenvalue weighted by molar-refractivity contribution is 1.03. The summed E-state index contributed by atoms with van der Waals surface area (Å²) >= 11 is 5.69. The summed E-state index contributed by atoms with van der Waals surface area (Å²) in [6, 6.07) is 12.4. The molecule has 0 spiro atoms. The molecule has 1 aromatic heterocycles. The minimum atomic E-state index is 0.0879. The molecule has 1 aromatic carbocycles. The van der Waals surface area contributed by atoms with Crippen LogP contribution in [0.5, 0.6) is 0 Å². The largest absolute Gasteiger partial charge is 0.192 e. The van der Waals surface area contributed by atoms with Gasteiger partial charge in [0.15, 0.2) is 5.15 Å². The van der Waals surface area contributed by atoms with E-state index in [0.717, 1.165) is 5.56 Å². The topological polar surface area (TPSA) is 73.4 Å². The van der Waals surface area contributed by atoms with Gasteiger partial charge in [-0.05, 0) is 18.2 Å². The molecule has 2 aromatic rings. The Balaban J connectivity index is 2.47. The zero-order valence-electron chi connectivity index (χ0n) is 8.55. The fraction of sp³-hybridized carbons (Fsp3) is 0. The maximum absolute atomic E-state index is 8.83. The van der Waals surface area contributed by atoms with Crippen molar-refractivity contribution in [1.82, 2.24) is 10.2 Å². The molecule has 0 atom stereocenters. The van der Waals surface area contributed by atoms with Crippen LogP contribution >= 0.6 is 11.6 Å². The van der Waals surface area contributed by atoms with Crippen molar-refractivity contribution in [2.45, 2.75) is 0 Å². The van der Waals surface area contributed by atoms with Gasteiger partial charge in [-0.3, -0.25) is 0 Å². The molecule has 17 heavy (non-hydrogen) atoms. The Kier molecular flexibility index (Phi) is 3.00. The molecule has 0 fully saturated rings. The SMILES string of the molecule is N#Cc1ccc(-c2cc(C#N)c(Cl)nn2)cc1. The highest BCUT2D eigenvalue weighted by Gasteiger charge is 2.06. The fourth-order valence-corrected chi connectivity index (χ4v) is 1.45. The molecule has 0 saturated carbocycles. The Morgan fingerprint density at radius 3 is 2.29 bits per heavy atom. The molecule has 0 bridgehead atoms. The average Bonchev–Trinajstić information content (AvgIpc) is 2.39. The minimum absolute atomic E-state index is 0.0879. The third kappa shape index (κ3) is 2.23. The highest BCUT2D eigenvalue weighted by molar-refractivity contribution is 6.30. The van der Waals surface area contributed by atoms with E-state index in [4.69, 9.17) is 22.1 Å². The number of nitriles is 2. The third-order valence-corrected chi connectivity index (χ3v) is 2.46. The minimum Gasteiger partial charge on any atom is -0.192 e. The predicted molar refractivity (Wildman–Crippen MR) is 61.9 cm³/mol. The summed E-state index contributed by atoms with van der Waals surface area (Å²) in [4.78, 5) is 0. The lowest BCUT2D eigenvalue weighted by Crippen LogP contribution is -1.91. The van der Waals surface area contributed by atoms with Gasteiger partial charge in [0, 0.05) is 5.56 Å². The second-order valence-electron chi connectivity index (χ2n) is 3.24. The first kappa shape index (κ1) is 11.1. The van der Waals surface area contributed by atoms with Crippen LogP contribution < -0.4 is 0 Å². The predicted octanol–water partition coefficient (Wildman–Crippen LogP) is 2.54. The molecule has 80 valence electrons. The van der Waals surface area contributed by atoms with Gasteiger partial charge in [0.05, 0.1) is 22.9 Å². The van der Waals surface area contributed by atoms with E-state index in [2.05, 4.69) is 10.2 Å². The molecular formula is C12H5ClN4. The van der Waals surface area contributed by atoms with Crippen LogP contribution in [0, 0.1) is 22.7 Å². The molecule has 4 nitrogen and oxygen atoms in total. The van der Waals surface area contributed by atoms with Crippen molar-refractivity contribution >= 4 is 11.6 Å². The summed E-state index contributed by atoms with van der Waals surface area (Å²) in [6.45, 7) is 0. The first-order chi connectivity index (χ1) is 8.24. The molecule has 0 unspecified atom stereocenters. The van der Waals surface area contributed by atoms with E-state index in [1.165, 1.54) is 0 Å². The molecule has 2 rings (SSSR count). The monoisotopic (exact) mass is 240 g/mol. The maximum atomic E-state index is 8.83. The molecule has 0 aliphatic rings. The number of halogens is 1. The van der Waals surface area contributed by atoms with Crippen molar-refractivity contribution in [3.8, 4) is 23.4 Å². The lowest BCUT2D eigenvalue weighted by Gasteiger charge is -2.00. The zero-order chi connectivity index (χ0) is 12.3. The van der Waals surface area contributed by atoms with Gasteiger partial charge in [0.2, 0.25) is 0 Å². The van der Waals surface area contributed by atoms with Gasteiger partial charge in [0.25, 0.3) is 0 Å². The van der Waals surface area contributed by atoms with E-state index in [0.29, 0.717) is 11.3 Å². The summed E-state index contributed by atoms with van der Waals surface area (Å²) in [5.74, 6) is 0. The molecule has 0 aliphatic heterocycles. The van der Waals surface area contributed by atoms with Gasteiger partial charge in [-0.25, -0.2) is 0 Å². The molecular weight excluding hydrogens is 236 g/mol. The van der Waals surface area contributed by atoms with Crippen LogP contribution in [0.2, 0.25) is 5.15 Å². The smallest absolute Gasteiger partial charge is 0.169 e. The molecule has 0 amide bonds. The van der Waals surface area contributed by atoms with Crippen molar-refractivity contribution in [2.75, 3.05) is 0 Å². The van der Waals surface area contributed by atoms with Crippen molar-refractivity contribution < 1.29 is 0 Å². The van der Waals surface area contributed by atoms with Gasteiger partial charge in [-0.2, -0.15) is 10.5 Å². The standard InChI is InChI=1S/C12H5ClN4/c13-12-10(7-15)5-11(16-17-12)9-3-1-8(6-14)2-4-9/h1-5H. The van der Waals surface area contributed by atoms with Crippen LogP contribution in [0.15, 0.2) is 30.3 Å². The Hall–Kier alpha value is -2.43. The highest BCUT2D eigenvalue weighted by Crippen LogP contribution is 2.20. The van der Waals surface area contributed by atoms with E-state index in [9.17, 15) is 0 Å². The summed E-state index contributed by atoms with van der Waals surface area (Å²) in [5.41, 5.74) is 2.18. The zero-order valence-corrected chi connectivity index (χ0v) is 9.31. The van der Waals surface area contributed by atoms with Crippen LogP contribution in [0.1, 0.15) is 11.1 Å². The molecule has 0 radical (unpaired) electrons. The highest BCUT2D eigenvalue weighted by atomic mass is 35.5. The van der Waals surface area contributed by atoms with E-state index >= 15 is 0 Å². The summed E-state index contributed by atoms with van der Waals surface area (Å²) in [6.07, 6.45) is 0. The van der Waals surface area contributed by atoms with Crippen molar-refractivity contribution in [3.63, 3.8) is 0 Å². The Morgan fingerprint density at radius 2 is 1.71 bits per heavy atom. The van der Waals surface area contributed by atoms with Gasteiger partial charge >= 0.3 is 0 Å². The third-order valence-electron chi connectivity index (χ3n) is 2.18. The first-order valence-corrected chi connectivity index (χ1v) is 5.06. The molecule has 0 N–H and O–H groups in total. The number of aromatic nitrogens is 2. The molecule has 1 heterocycles. The molecule has 0 saturated heterocycles. The van der Waals surface area contributed by atoms with Crippen molar-refractivity contribution in [3.05, 3.63) is 46.6 Å². The van der Waals surface area contributed by atoms with Crippen molar-refractivity contribution in [1.29, 1.82) is 10.5 Å². The quantitative estimate of drug-likeness (QED) is 0.768. The Morgan fingerprint density at radius 1 is 1.00 bits per heavy atom. The van der Waals surface area contributed by atoms with E-state index in [1.807, 2.05) is 12.1 Å². The summed E-state index contributed by atoms with van der Waals surface area (Å²) < 4.78 is 0. The second-order valence-corrected chi connectivity index (χ2v) is 3.59. The average molecular weight is 241 g/mol. The van der Waals surface area contributed by atoms with E-state index in [-0.39, 0.29) is 10.7 Å². The molecule has 5 heteroatoms. The molecule has 0 aliphatic carbocycles. The van der Waals surface area contributed by atoms with Crippen LogP contribution in [-0.4, -0.2) is 10.2 Å². The maximum Gasteiger partial charge on any atom is 0.169 e. The number of hydrogen-bond acceptors (Lipinski definition) is 4. The number of nitrogens with zero attached hydrogens (tertiary/aromatic N) is 4. The summed E-state index contributed by atoms with van der Waals surface area (Å²) in [5, 5.41) is 25.2. The fourth-order valence-electron chi connectivity index (χ4n) is 1.31.